The van der Waals surface area contributed by atoms with Gasteiger partial charge in [-0.25, -0.2) is 0 Å². The van der Waals surface area contributed by atoms with Crippen molar-refractivity contribution in [1.82, 2.24) is 0 Å². The molecule has 0 bridgehead atoms. The lowest BCUT2D eigenvalue weighted by Gasteiger charge is -2.12. The van der Waals surface area contributed by atoms with Crippen molar-refractivity contribution in [2.24, 2.45) is 0 Å². The molecule has 1 aromatic heterocycles. The summed E-state index contributed by atoms with van der Waals surface area (Å²) in [6.45, 7) is 4.11. The summed E-state index contributed by atoms with van der Waals surface area (Å²) >= 11 is 5.04. The van der Waals surface area contributed by atoms with Crippen molar-refractivity contribution in [3.05, 3.63) is 51.7 Å². The average molecular weight is 338 g/mol. The molecule has 0 fully saturated rings. The lowest BCUT2D eigenvalue weighted by Crippen LogP contribution is -2.13. The summed E-state index contributed by atoms with van der Waals surface area (Å²) in [6, 6.07) is 9.88. The zero-order chi connectivity index (χ0) is 13.8. The highest BCUT2D eigenvalue weighted by Gasteiger charge is 2.14. The molecule has 0 aliphatic carbocycles. The van der Waals surface area contributed by atoms with Gasteiger partial charge < -0.3 is 5.32 Å². The van der Waals surface area contributed by atoms with Crippen LogP contribution in [0, 0.1) is 0 Å². The van der Waals surface area contributed by atoms with Crippen LogP contribution in [-0.2, 0) is 6.42 Å². The zero-order valence-electron chi connectivity index (χ0n) is 10.9. The second-order valence-corrected chi connectivity index (χ2v) is 6.58. The van der Waals surface area contributed by atoms with Gasteiger partial charge in [0, 0.05) is 10.5 Å². The Morgan fingerprint density at radius 3 is 2.79 bits per heavy atom. The fourth-order valence-electron chi connectivity index (χ4n) is 1.95. The predicted octanol–water partition coefficient (Wildman–Crippen LogP) is 5.02. The number of aryl methyl sites for hydroxylation is 1. The summed E-state index contributed by atoms with van der Waals surface area (Å²) in [5.41, 5.74) is 3.06. The molecule has 4 heteroatoms. The normalized spacial score (nSPS) is 12.2. The Labute approximate surface area is 126 Å². The van der Waals surface area contributed by atoms with Gasteiger partial charge in [0.05, 0.1) is 4.88 Å². The van der Waals surface area contributed by atoms with E-state index in [0.717, 1.165) is 28.1 Å². The van der Waals surface area contributed by atoms with Crippen LogP contribution in [0.5, 0.6) is 0 Å². The molecular formula is C15H16BrNOS. The van der Waals surface area contributed by atoms with E-state index in [9.17, 15) is 4.79 Å². The number of carbonyl (C=O) groups is 1. The van der Waals surface area contributed by atoms with E-state index in [1.165, 1.54) is 11.3 Å². The minimum Gasteiger partial charge on any atom is -0.321 e. The van der Waals surface area contributed by atoms with Crippen molar-refractivity contribution in [1.29, 1.82) is 0 Å². The Bertz CT molecular complexity index is 577. The van der Waals surface area contributed by atoms with E-state index in [0.29, 0.717) is 0 Å². The summed E-state index contributed by atoms with van der Waals surface area (Å²) in [5, 5.41) is 4.98. The number of thiophene rings is 1. The van der Waals surface area contributed by atoms with Crippen molar-refractivity contribution < 1.29 is 4.79 Å². The third kappa shape index (κ3) is 3.25. The Morgan fingerprint density at radius 2 is 2.11 bits per heavy atom. The highest BCUT2D eigenvalue weighted by atomic mass is 79.9. The van der Waals surface area contributed by atoms with Crippen LogP contribution in [0.2, 0.25) is 0 Å². The van der Waals surface area contributed by atoms with Gasteiger partial charge in [0.15, 0.2) is 0 Å². The first kappa shape index (κ1) is 14.3. The van der Waals surface area contributed by atoms with Crippen molar-refractivity contribution >= 4 is 38.9 Å². The van der Waals surface area contributed by atoms with E-state index in [-0.39, 0.29) is 10.7 Å². The molecule has 1 amide bonds. The Morgan fingerprint density at radius 1 is 1.37 bits per heavy atom. The standard InChI is InChI=1S/C15H16BrNOS/c1-3-11-8-9-19-14(11)15(18)17-13-7-5-4-6-12(13)10(2)16/h4-10H,3H2,1-2H3,(H,17,18). The lowest BCUT2D eigenvalue weighted by molar-refractivity contribution is 0.102. The highest BCUT2D eigenvalue weighted by molar-refractivity contribution is 9.09. The summed E-state index contributed by atoms with van der Waals surface area (Å²) in [4.78, 5) is 13.3. The largest absolute Gasteiger partial charge is 0.321 e. The molecule has 2 rings (SSSR count). The number of carbonyl (C=O) groups excluding carboxylic acids is 1. The number of amides is 1. The number of para-hydroxylation sites is 1. The van der Waals surface area contributed by atoms with Gasteiger partial charge in [0.25, 0.3) is 5.91 Å². The Balaban J connectivity index is 2.24. The second kappa shape index (κ2) is 6.35. The number of alkyl halides is 1. The van der Waals surface area contributed by atoms with Crippen molar-refractivity contribution in [3.63, 3.8) is 0 Å². The third-order valence-electron chi connectivity index (χ3n) is 2.97. The van der Waals surface area contributed by atoms with E-state index in [4.69, 9.17) is 0 Å². The molecule has 0 spiro atoms. The van der Waals surface area contributed by atoms with Gasteiger partial charge in [-0.05, 0) is 42.0 Å². The van der Waals surface area contributed by atoms with Crippen LogP contribution in [0.4, 0.5) is 5.69 Å². The molecule has 0 radical (unpaired) electrons. The number of benzene rings is 1. The molecule has 100 valence electrons. The van der Waals surface area contributed by atoms with E-state index >= 15 is 0 Å². The van der Waals surface area contributed by atoms with Gasteiger partial charge in [-0.2, -0.15) is 0 Å². The van der Waals surface area contributed by atoms with E-state index in [2.05, 4.69) is 28.2 Å². The summed E-state index contributed by atoms with van der Waals surface area (Å²) < 4.78 is 0. The minimum absolute atomic E-state index is 0.0209. The van der Waals surface area contributed by atoms with Gasteiger partial charge in [-0.1, -0.05) is 41.1 Å². The van der Waals surface area contributed by atoms with Crippen LogP contribution in [-0.4, -0.2) is 5.91 Å². The smallest absolute Gasteiger partial charge is 0.266 e. The first-order valence-electron chi connectivity index (χ1n) is 6.24. The van der Waals surface area contributed by atoms with Crippen molar-refractivity contribution in [3.8, 4) is 0 Å². The summed E-state index contributed by atoms with van der Waals surface area (Å²) in [6.07, 6.45) is 0.878. The molecule has 1 unspecified atom stereocenters. The quantitative estimate of drug-likeness (QED) is 0.780. The monoisotopic (exact) mass is 337 g/mol. The maximum absolute atomic E-state index is 12.3. The van der Waals surface area contributed by atoms with Gasteiger partial charge in [-0.3, -0.25) is 4.79 Å². The molecule has 19 heavy (non-hydrogen) atoms. The number of nitrogens with one attached hydrogen (secondary N) is 1. The van der Waals surface area contributed by atoms with Crippen LogP contribution in [0.3, 0.4) is 0 Å². The molecule has 1 N–H and O–H groups in total. The lowest BCUT2D eigenvalue weighted by atomic mass is 10.1. The van der Waals surface area contributed by atoms with Gasteiger partial charge in [0.2, 0.25) is 0 Å². The number of halogens is 1. The van der Waals surface area contributed by atoms with Crippen LogP contribution in [0.25, 0.3) is 0 Å². The minimum atomic E-state index is -0.0209. The predicted molar refractivity (Wildman–Crippen MR) is 85.4 cm³/mol. The molecule has 1 atom stereocenters. The topological polar surface area (TPSA) is 29.1 Å². The third-order valence-corrected chi connectivity index (χ3v) is 4.42. The highest BCUT2D eigenvalue weighted by Crippen LogP contribution is 2.29. The number of hydrogen-bond donors (Lipinski definition) is 1. The summed E-state index contributed by atoms with van der Waals surface area (Å²) in [5.74, 6) is -0.0209. The van der Waals surface area contributed by atoms with Crippen LogP contribution >= 0.6 is 27.3 Å². The van der Waals surface area contributed by atoms with Crippen molar-refractivity contribution in [2.45, 2.75) is 25.1 Å². The second-order valence-electron chi connectivity index (χ2n) is 4.29. The molecular weight excluding hydrogens is 322 g/mol. The summed E-state index contributed by atoms with van der Waals surface area (Å²) in [7, 11) is 0. The number of rotatable bonds is 4. The number of hydrogen-bond acceptors (Lipinski definition) is 2. The van der Waals surface area contributed by atoms with Crippen LogP contribution in [0.1, 0.15) is 39.5 Å². The first-order valence-corrected chi connectivity index (χ1v) is 8.03. The molecule has 1 heterocycles. The SMILES string of the molecule is CCc1ccsc1C(=O)Nc1ccccc1C(C)Br. The molecule has 2 aromatic rings. The fourth-order valence-corrected chi connectivity index (χ4v) is 3.24. The van der Waals surface area contributed by atoms with Gasteiger partial charge in [0.1, 0.15) is 0 Å². The fraction of sp³-hybridized carbons (Fsp3) is 0.267. The van der Waals surface area contributed by atoms with E-state index in [1.54, 1.807) is 0 Å². The van der Waals surface area contributed by atoms with Crippen LogP contribution in [0.15, 0.2) is 35.7 Å². The molecule has 1 aromatic carbocycles. The van der Waals surface area contributed by atoms with Gasteiger partial charge >= 0.3 is 0 Å². The molecule has 0 aliphatic heterocycles. The van der Waals surface area contributed by atoms with Gasteiger partial charge in [-0.15, -0.1) is 11.3 Å². The maximum Gasteiger partial charge on any atom is 0.266 e. The zero-order valence-corrected chi connectivity index (χ0v) is 13.3. The maximum atomic E-state index is 12.3. The molecule has 0 saturated carbocycles. The van der Waals surface area contributed by atoms with E-state index in [1.807, 2.05) is 42.6 Å². The molecule has 0 saturated heterocycles. The Hall–Kier alpha value is -1.13. The number of anilines is 1. The molecule has 0 aliphatic rings. The van der Waals surface area contributed by atoms with Crippen molar-refractivity contribution in [2.75, 3.05) is 5.32 Å². The molecule has 2 nitrogen and oxygen atoms in total. The van der Waals surface area contributed by atoms with E-state index < -0.39 is 0 Å². The van der Waals surface area contributed by atoms with Crippen LogP contribution < -0.4 is 5.32 Å². The first-order chi connectivity index (χ1) is 9.13. The Kier molecular flexibility index (Phi) is 4.77. The average Bonchev–Trinajstić information content (AvgIpc) is 2.87.